The van der Waals surface area contributed by atoms with E-state index in [0.717, 1.165) is 0 Å². The van der Waals surface area contributed by atoms with Crippen LogP contribution in [-0.4, -0.2) is 39.6 Å². The first-order valence-corrected chi connectivity index (χ1v) is 5.32. The summed E-state index contributed by atoms with van der Waals surface area (Å²) in [4.78, 5) is 17.0. The number of β-amino-alcohol motifs (C(OH)–C–C–N with tert-alkyl or cyclic N) is 1. The molecule has 0 aliphatic carbocycles. The van der Waals surface area contributed by atoms with Gasteiger partial charge in [-0.3, -0.25) is 4.79 Å². The van der Waals surface area contributed by atoms with Crippen LogP contribution in [0.2, 0.25) is 0 Å². The van der Waals surface area contributed by atoms with Crippen molar-refractivity contribution in [3.05, 3.63) is 23.6 Å². The van der Waals surface area contributed by atoms with Gasteiger partial charge in [-0.2, -0.15) is 0 Å². The Kier molecular flexibility index (Phi) is 2.74. The lowest BCUT2D eigenvalue weighted by molar-refractivity contribution is 0.0569. The summed E-state index contributed by atoms with van der Waals surface area (Å²) in [6, 6.07) is 1.29. The molecule has 6 heteroatoms. The summed E-state index contributed by atoms with van der Waals surface area (Å²) in [5.41, 5.74) is 4.30. The molecule has 1 aromatic heterocycles. The maximum absolute atomic E-state index is 13.6. The Bertz CT molecular complexity index is 462. The molecule has 0 bridgehead atoms. The van der Waals surface area contributed by atoms with Gasteiger partial charge in [0.25, 0.3) is 5.91 Å². The zero-order chi connectivity index (χ0) is 12.6. The highest BCUT2D eigenvalue weighted by Crippen LogP contribution is 2.23. The van der Waals surface area contributed by atoms with Crippen LogP contribution in [0.15, 0.2) is 12.3 Å². The lowest BCUT2D eigenvalue weighted by Crippen LogP contribution is -2.34. The van der Waals surface area contributed by atoms with E-state index in [4.69, 9.17) is 5.73 Å². The van der Waals surface area contributed by atoms with Crippen LogP contribution >= 0.6 is 0 Å². The van der Waals surface area contributed by atoms with Crippen LogP contribution in [-0.2, 0) is 0 Å². The number of carbonyl (C=O) groups excluding carboxylic acids is 1. The molecule has 0 spiro atoms. The van der Waals surface area contributed by atoms with Gasteiger partial charge in [0.05, 0.1) is 11.2 Å². The second kappa shape index (κ2) is 3.96. The number of nitrogens with zero attached hydrogens (tertiary/aromatic N) is 2. The molecular formula is C11H14FN3O2. The van der Waals surface area contributed by atoms with E-state index in [9.17, 15) is 14.3 Å². The molecule has 0 radical (unpaired) electrons. The van der Waals surface area contributed by atoms with E-state index in [-0.39, 0.29) is 17.9 Å². The summed E-state index contributed by atoms with van der Waals surface area (Å²) in [7, 11) is 0. The number of hydrogen-bond acceptors (Lipinski definition) is 4. The SMILES string of the molecule is CC1(O)CCN(C(=O)c2ccnc(N)c2F)C1. The number of amides is 1. The summed E-state index contributed by atoms with van der Waals surface area (Å²) in [5.74, 6) is -1.56. The number of pyridine rings is 1. The molecule has 5 nitrogen and oxygen atoms in total. The first kappa shape index (κ1) is 11.8. The third kappa shape index (κ3) is 2.21. The van der Waals surface area contributed by atoms with Crippen molar-refractivity contribution in [2.24, 2.45) is 0 Å². The molecule has 1 unspecified atom stereocenters. The largest absolute Gasteiger partial charge is 0.388 e. The van der Waals surface area contributed by atoms with Gasteiger partial charge in [0, 0.05) is 19.3 Å². The van der Waals surface area contributed by atoms with Gasteiger partial charge in [-0.15, -0.1) is 0 Å². The van der Waals surface area contributed by atoms with E-state index in [2.05, 4.69) is 4.98 Å². The normalized spacial score (nSPS) is 24.1. The van der Waals surface area contributed by atoms with Gasteiger partial charge in [0.1, 0.15) is 0 Å². The van der Waals surface area contributed by atoms with Crippen molar-refractivity contribution in [1.82, 2.24) is 9.88 Å². The minimum absolute atomic E-state index is 0.102. The van der Waals surface area contributed by atoms with Crippen molar-refractivity contribution in [2.45, 2.75) is 18.9 Å². The van der Waals surface area contributed by atoms with Crippen molar-refractivity contribution in [2.75, 3.05) is 18.8 Å². The molecule has 2 rings (SSSR count). The topological polar surface area (TPSA) is 79.5 Å². The highest BCUT2D eigenvalue weighted by molar-refractivity contribution is 5.95. The predicted octanol–water partition coefficient (Wildman–Crippen LogP) is 0.400. The molecular weight excluding hydrogens is 225 g/mol. The molecule has 1 amide bonds. The molecule has 17 heavy (non-hydrogen) atoms. The summed E-state index contributed by atoms with van der Waals surface area (Å²) in [5, 5.41) is 9.76. The number of nitrogen functional groups attached to an aromatic ring is 1. The third-order valence-corrected chi connectivity index (χ3v) is 2.89. The fourth-order valence-corrected chi connectivity index (χ4v) is 1.91. The first-order valence-electron chi connectivity index (χ1n) is 5.32. The van der Waals surface area contributed by atoms with E-state index < -0.39 is 17.3 Å². The number of rotatable bonds is 1. The Morgan fingerprint density at radius 3 is 3.00 bits per heavy atom. The Hall–Kier alpha value is -1.69. The summed E-state index contributed by atoms with van der Waals surface area (Å²) in [6.45, 7) is 2.26. The molecule has 1 aromatic rings. The lowest BCUT2D eigenvalue weighted by atomic mass is 10.1. The molecule has 1 aliphatic rings. The van der Waals surface area contributed by atoms with Gasteiger partial charge in [-0.25, -0.2) is 9.37 Å². The van der Waals surface area contributed by atoms with Crippen LogP contribution in [0.5, 0.6) is 0 Å². The van der Waals surface area contributed by atoms with Gasteiger partial charge in [-0.1, -0.05) is 0 Å². The smallest absolute Gasteiger partial charge is 0.257 e. The van der Waals surface area contributed by atoms with Gasteiger partial charge < -0.3 is 15.7 Å². The fourth-order valence-electron chi connectivity index (χ4n) is 1.91. The van der Waals surface area contributed by atoms with Gasteiger partial charge >= 0.3 is 0 Å². The average Bonchev–Trinajstić information content (AvgIpc) is 2.62. The number of hydrogen-bond donors (Lipinski definition) is 2. The molecule has 2 heterocycles. The quantitative estimate of drug-likeness (QED) is 0.743. The van der Waals surface area contributed by atoms with E-state index in [0.29, 0.717) is 13.0 Å². The summed E-state index contributed by atoms with van der Waals surface area (Å²) < 4.78 is 13.6. The van der Waals surface area contributed by atoms with Crippen LogP contribution in [0.3, 0.4) is 0 Å². The van der Waals surface area contributed by atoms with Gasteiger partial charge in [0.2, 0.25) is 0 Å². The highest BCUT2D eigenvalue weighted by atomic mass is 19.1. The van der Waals surface area contributed by atoms with Crippen LogP contribution in [0, 0.1) is 5.82 Å². The Morgan fingerprint density at radius 2 is 2.41 bits per heavy atom. The first-order chi connectivity index (χ1) is 7.91. The zero-order valence-electron chi connectivity index (χ0n) is 9.48. The minimum atomic E-state index is -0.898. The van der Waals surface area contributed by atoms with E-state index in [1.807, 2.05) is 0 Å². The second-order valence-electron chi connectivity index (χ2n) is 4.53. The molecule has 0 aromatic carbocycles. The van der Waals surface area contributed by atoms with E-state index in [1.54, 1.807) is 6.92 Å². The Labute approximate surface area is 98.1 Å². The van der Waals surface area contributed by atoms with Crippen molar-refractivity contribution in [3.8, 4) is 0 Å². The molecule has 1 atom stereocenters. The van der Waals surface area contributed by atoms with Crippen molar-refractivity contribution >= 4 is 11.7 Å². The number of carbonyl (C=O) groups is 1. The summed E-state index contributed by atoms with van der Waals surface area (Å²) in [6.07, 6.45) is 1.78. The zero-order valence-corrected chi connectivity index (χ0v) is 9.48. The standard InChI is InChI=1S/C11H14FN3O2/c1-11(17)3-5-15(6-11)10(16)7-2-4-14-9(13)8(7)12/h2,4,17H,3,5-6H2,1H3,(H2,13,14). The maximum atomic E-state index is 13.6. The van der Waals surface area contributed by atoms with Crippen molar-refractivity contribution < 1.29 is 14.3 Å². The molecule has 92 valence electrons. The third-order valence-electron chi connectivity index (χ3n) is 2.89. The highest BCUT2D eigenvalue weighted by Gasteiger charge is 2.35. The number of nitrogens with two attached hydrogens (primary N) is 1. The molecule has 1 aliphatic heterocycles. The van der Waals surface area contributed by atoms with Gasteiger partial charge in [0.15, 0.2) is 11.6 Å². The molecule has 0 saturated carbocycles. The van der Waals surface area contributed by atoms with Crippen LogP contribution < -0.4 is 5.73 Å². The van der Waals surface area contributed by atoms with Crippen LogP contribution in [0.25, 0.3) is 0 Å². The number of anilines is 1. The Morgan fingerprint density at radius 1 is 1.71 bits per heavy atom. The van der Waals surface area contributed by atoms with Crippen molar-refractivity contribution in [1.29, 1.82) is 0 Å². The minimum Gasteiger partial charge on any atom is -0.388 e. The maximum Gasteiger partial charge on any atom is 0.257 e. The van der Waals surface area contributed by atoms with E-state index in [1.165, 1.54) is 17.2 Å². The number of likely N-dealkylation sites (tertiary alicyclic amines) is 1. The van der Waals surface area contributed by atoms with Crippen molar-refractivity contribution in [3.63, 3.8) is 0 Å². The fraction of sp³-hybridized carbons (Fsp3) is 0.455. The number of halogens is 1. The van der Waals surface area contributed by atoms with Gasteiger partial charge in [-0.05, 0) is 19.4 Å². The molecule has 3 N–H and O–H groups in total. The number of aliphatic hydroxyl groups is 1. The van der Waals surface area contributed by atoms with E-state index >= 15 is 0 Å². The molecule has 1 saturated heterocycles. The molecule has 1 fully saturated rings. The lowest BCUT2D eigenvalue weighted by Gasteiger charge is -2.19. The Balaban J connectivity index is 2.24. The van der Waals surface area contributed by atoms with Crippen LogP contribution in [0.1, 0.15) is 23.7 Å². The monoisotopic (exact) mass is 239 g/mol. The predicted molar refractivity (Wildman–Crippen MR) is 59.8 cm³/mol. The number of aromatic nitrogens is 1. The summed E-state index contributed by atoms with van der Waals surface area (Å²) >= 11 is 0. The van der Waals surface area contributed by atoms with Crippen LogP contribution in [0.4, 0.5) is 10.2 Å². The second-order valence-corrected chi connectivity index (χ2v) is 4.53. The average molecular weight is 239 g/mol.